The van der Waals surface area contributed by atoms with Crippen molar-refractivity contribution in [3.8, 4) is 0 Å². The molecule has 0 saturated heterocycles. The van der Waals surface area contributed by atoms with E-state index in [2.05, 4.69) is 106 Å². The molecule has 6 nitrogen and oxygen atoms in total. The number of rotatable bonds is 49. The van der Waals surface area contributed by atoms with Crippen LogP contribution in [0.15, 0.2) is 85.1 Å². The molecule has 0 radical (unpaired) electrons. The van der Waals surface area contributed by atoms with Gasteiger partial charge in [-0.1, -0.05) is 209 Å². The van der Waals surface area contributed by atoms with Crippen LogP contribution in [0.5, 0.6) is 0 Å². The van der Waals surface area contributed by atoms with Crippen LogP contribution in [0.2, 0.25) is 0 Å². The Labute approximate surface area is 407 Å². The molecule has 0 aromatic rings. The highest BCUT2D eigenvalue weighted by atomic mass is 16.6. The zero-order valence-corrected chi connectivity index (χ0v) is 43.2. The molecule has 0 saturated carbocycles. The normalized spacial score (nSPS) is 12.7. The summed E-state index contributed by atoms with van der Waals surface area (Å²) in [6, 6.07) is 0. The van der Waals surface area contributed by atoms with Gasteiger partial charge in [0.25, 0.3) is 0 Å². The average molecular weight is 919 g/mol. The molecule has 66 heavy (non-hydrogen) atoms. The predicted octanol–water partition coefficient (Wildman–Crippen LogP) is 18.4. The number of hydrogen-bond acceptors (Lipinski definition) is 6. The smallest absolute Gasteiger partial charge is 0.306 e. The number of carbonyl (C=O) groups is 3. The maximum Gasteiger partial charge on any atom is 0.306 e. The Balaban J connectivity index is 4.47. The fraction of sp³-hybridized carbons (Fsp3) is 0.717. The van der Waals surface area contributed by atoms with Gasteiger partial charge in [-0.3, -0.25) is 14.4 Å². The lowest BCUT2D eigenvalue weighted by Gasteiger charge is -2.18. The van der Waals surface area contributed by atoms with Crippen LogP contribution >= 0.6 is 0 Å². The maximum atomic E-state index is 12.8. The molecular weight excluding hydrogens is 817 g/mol. The first-order chi connectivity index (χ1) is 32.5. The van der Waals surface area contributed by atoms with Crippen LogP contribution in [0.3, 0.4) is 0 Å². The van der Waals surface area contributed by atoms with Gasteiger partial charge in [0.05, 0.1) is 0 Å². The summed E-state index contributed by atoms with van der Waals surface area (Å²) >= 11 is 0. The number of unbranched alkanes of at least 4 members (excludes halogenated alkanes) is 24. The third-order valence-electron chi connectivity index (χ3n) is 11.6. The maximum absolute atomic E-state index is 12.8. The minimum absolute atomic E-state index is 0.0978. The molecule has 0 amide bonds. The van der Waals surface area contributed by atoms with Gasteiger partial charge in [0.15, 0.2) is 6.10 Å². The Morgan fingerprint density at radius 2 is 0.561 bits per heavy atom. The van der Waals surface area contributed by atoms with E-state index in [0.717, 1.165) is 122 Å². The molecule has 0 spiro atoms. The summed E-state index contributed by atoms with van der Waals surface area (Å²) in [5, 5.41) is 0. The van der Waals surface area contributed by atoms with E-state index in [-0.39, 0.29) is 31.1 Å². The molecular formula is C60H102O6. The molecule has 0 aliphatic heterocycles. The van der Waals surface area contributed by atoms with E-state index in [1.54, 1.807) is 0 Å². The van der Waals surface area contributed by atoms with Crippen molar-refractivity contribution in [3.05, 3.63) is 85.1 Å². The highest BCUT2D eigenvalue weighted by Crippen LogP contribution is 2.13. The standard InChI is InChI=1S/C60H102O6/c1-4-7-10-13-16-19-22-25-28-29-30-31-33-35-38-41-44-47-50-53-59(62)65-56-57(55-64-58(61)52-49-46-43-40-37-34-27-24-21-18-15-12-9-6-3)66-60(63)54-51-48-45-42-39-36-32-26-23-20-17-14-11-8-5-2/h15-16,18-19,24-28,30-32,35,38,57H,4-14,17,20-23,29,33-34,36-37,39-56H2,1-3H3/b18-15-,19-16-,27-24-,28-25-,31-30-,32-26-,38-35-/t57-/m1/s1. The molecule has 0 unspecified atom stereocenters. The van der Waals surface area contributed by atoms with Gasteiger partial charge in [0.2, 0.25) is 0 Å². The summed E-state index contributed by atoms with van der Waals surface area (Å²) < 4.78 is 16.8. The van der Waals surface area contributed by atoms with Crippen LogP contribution in [0.4, 0.5) is 0 Å². The Morgan fingerprint density at radius 3 is 0.955 bits per heavy atom. The number of hydrogen-bond donors (Lipinski definition) is 0. The van der Waals surface area contributed by atoms with E-state index in [1.165, 1.54) is 96.3 Å². The molecule has 0 aliphatic carbocycles. The van der Waals surface area contributed by atoms with Gasteiger partial charge in [-0.15, -0.1) is 0 Å². The summed E-state index contributed by atoms with van der Waals surface area (Å²) in [5.74, 6) is -0.948. The van der Waals surface area contributed by atoms with Crippen LogP contribution in [0, 0.1) is 0 Å². The summed E-state index contributed by atoms with van der Waals surface area (Å²) in [4.78, 5) is 38.1. The van der Waals surface area contributed by atoms with Crippen LogP contribution in [0.25, 0.3) is 0 Å². The fourth-order valence-corrected chi connectivity index (χ4v) is 7.38. The number of esters is 3. The van der Waals surface area contributed by atoms with E-state index in [0.29, 0.717) is 19.3 Å². The lowest BCUT2D eigenvalue weighted by Crippen LogP contribution is -2.30. The monoisotopic (exact) mass is 919 g/mol. The second-order valence-electron chi connectivity index (χ2n) is 18.1. The molecule has 0 aromatic heterocycles. The van der Waals surface area contributed by atoms with Gasteiger partial charge >= 0.3 is 17.9 Å². The van der Waals surface area contributed by atoms with Gasteiger partial charge in [-0.2, -0.15) is 0 Å². The Hall–Kier alpha value is -3.41. The Bertz CT molecular complexity index is 1290. The molecule has 0 aliphatic rings. The highest BCUT2D eigenvalue weighted by Gasteiger charge is 2.19. The molecule has 378 valence electrons. The summed E-state index contributed by atoms with van der Waals surface area (Å²) in [6.45, 7) is 6.52. The second-order valence-corrected chi connectivity index (χ2v) is 18.1. The highest BCUT2D eigenvalue weighted by molar-refractivity contribution is 5.71. The third-order valence-corrected chi connectivity index (χ3v) is 11.6. The van der Waals surface area contributed by atoms with Gasteiger partial charge in [-0.25, -0.2) is 0 Å². The first-order valence-corrected chi connectivity index (χ1v) is 27.6. The Morgan fingerprint density at radius 1 is 0.303 bits per heavy atom. The van der Waals surface area contributed by atoms with Gasteiger partial charge < -0.3 is 14.2 Å². The van der Waals surface area contributed by atoms with Crippen molar-refractivity contribution in [3.63, 3.8) is 0 Å². The van der Waals surface area contributed by atoms with Crippen molar-refractivity contribution in [1.29, 1.82) is 0 Å². The summed E-state index contributed by atoms with van der Waals surface area (Å²) in [6.07, 6.45) is 69.9. The van der Waals surface area contributed by atoms with Gasteiger partial charge in [0, 0.05) is 19.3 Å². The zero-order valence-electron chi connectivity index (χ0n) is 43.2. The summed E-state index contributed by atoms with van der Waals surface area (Å²) in [5.41, 5.74) is 0. The Kier molecular flexibility index (Phi) is 51.4. The molecule has 0 fully saturated rings. The molecule has 0 rings (SSSR count). The zero-order chi connectivity index (χ0) is 47.9. The van der Waals surface area contributed by atoms with E-state index in [9.17, 15) is 14.4 Å². The quantitative estimate of drug-likeness (QED) is 0.0262. The molecule has 0 aromatic carbocycles. The number of ether oxygens (including phenoxy) is 3. The number of allylic oxidation sites excluding steroid dienone is 14. The molecule has 1 atom stereocenters. The van der Waals surface area contributed by atoms with E-state index in [4.69, 9.17) is 14.2 Å². The largest absolute Gasteiger partial charge is 0.462 e. The van der Waals surface area contributed by atoms with Gasteiger partial charge in [0.1, 0.15) is 13.2 Å². The molecule has 6 heteroatoms. The topological polar surface area (TPSA) is 78.9 Å². The minimum atomic E-state index is -0.800. The van der Waals surface area contributed by atoms with Crippen molar-refractivity contribution in [2.45, 2.75) is 264 Å². The number of carbonyl (C=O) groups excluding carboxylic acids is 3. The van der Waals surface area contributed by atoms with Crippen molar-refractivity contribution in [1.82, 2.24) is 0 Å². The average Bonchev–Trinajstić information content (AvgIpc) is 3.31. The van der Waals surface area contributed by atoms with Gasteiger partial charge in [-0.05, 0) is 116 Å². The van der Waals surface area contributed by atoms with Crippen molar-refractivity contribution in [2.24, 2.45) is 0 Å². The molecule has 0 N–H and O–H groups in total. The second kappa shape index (κ2) is 54.2. The lowest BCUT2D eigenvalue weighted by molar-refractivity contribution is -0.167. The SMILES string of the molecule is CCCC/C=C\C/C=C\CCCCCCCC(=O)OC[C@H](COC(=O)CCCCC/C=C\C/C=C\C/C=C\C/C=C\CCCCC)OC(=O)CCCCCCC/C=C\CCCCCCCC. The van der Waals surface area contributed by atoms with Crippen molar-refractivity contribution < 1.29 is 28.6 Å². The first kappa shape index (κ1) is 62.6. The fourth-order valence-electron chi connectivity index (χ4n) is 7.38. The van der Waals surface area contributed by atoms with E-state index >= 15 is 0 Å². The van der Waals surface area contributed by atoms with Crippen LogP contribution in [-0.4, -0.2) is 37.2 Å². The molecule has 0 bridgehead atoms. The van der Waals surface area contributed by atoms with Crippen molar-refractivity contribution >= 4 is 17.9 Å². The third kappa shape index (κ3) is 51.6. The minimum Gasteiger partial charge on any atom is -0.462 e. The lowest BCUT2D eigenvalue weighted by atomic mass is 10.1. The van der Waals surface area contributed by atoms with Crippen LogP contribution in [0.1, 0.15) is 258 Å². The van der Waals surface area contributed by atoms with E-state index in [1.807, 2.05) is 0 Å². The van der Waals surface area contributed by atoms with Crippen LogP contribution < -0.4 is 0 Å². The first-order valence-electron chi connectivity index (χ1n) is 27.6. The van der Waals surface area contributed by atoms with E-state index < -0.39 is 6.10 Å². The van der Waals surface area contributed by atoms with Crippen LogP contribution in [-0.2, 0) is 28.6 Å². The molecule has 0 heterocycles. The van der Waals surface area contributed by atoms with Crippen molar-refractivity contribution in [2.75, 3.05) is 13.2 Å². The summed E-state index contributed by atoms with van der Waals surface area (Å²) in [7, 11) is 0. The predicted molar refractivity (Wildman–Crippen MR) is 284 cm³/mol.